The molecule has 2 heterocycles. The summed E-state index contributed by atoms with van der Waals surface area (Å²) in [6.45, 7) is 6.47. The molecule has 20 atom stereocenters. The SMILES string of the molecule is CCCC1CCC2OC3C(C(O)CCCC3(O)C(C)(O)C3CCC4(O)C5=C(NCC(C)O)C(=O)C6CC(O)C(O)CC67CC(C6=C(CCCO)NC(N)C=C6)C=CC(O)(CC34C3CCC(CNC4CCCCC4)CC3)C57)C2CC1. The number of aliphatic hydroxyl groups is 9. The van der Waals surface area contributed by atoms with E-state index >= 15 is 9.90 Å². The van der Waals surface area contributed by atoms with Gasteiger partial charge in [0, 0.05) is 54.0 Å². The lowest BCUT2D eigenvalue weighted by atomic mass is 9.37. The molecule has 0 aromatic rings. The number of aliphatic hydroxyl groups excluding tert-OH is 5. The maximum Gasteiger partial charge on any atom is 0.182 e. The molecule has 11 aliphatic rings. The summed E-state index contributed by atoms with van der Waals surface area (Å²) in [5, 5.41) is 126. The van der Waals surface area contributed by atoms with Crippen molar-refractivity contribution >= 4 is 5.78 Å². The number of ketones is 1. The molecule has 15 heteroatoms. The van der Waals surface area contributed by atoms with Crippen LogP contribution in [0.2, 0.25) is 0 Å². The van der Waals surface area contributed by atoms with Crippen LogP contribution in [0.4, 0.5) is 0 Å². The number of carbonyl (C=O) groups is 1. The number of nitrogens with two attached hydrogens (primary N) is 1. The number of ether oxygens (including phenoxy) is 1. The highest BCUT2D eigenvalue weighted by molar-refractivity contribution is 6.00. The van der Waals surface area contributed by atoms with E-state index in [4.69, 9.17) is 10.5 Å². The molecular formula is C64H102N4O11. The fourth-order valence-corrected chi connectivity index (χ4v) is 20.6. The minimum atomic E-state index is -1.94. The molecule has 0 bridgehead atoms. The van der Waals surface area contributed by atoms with Gasteiger partial charge >= 0.3 is 0 Å². The summed E-state index contributed by atoms with van der Waals surface area (Å²) in [7, 11) is 0. The molecular weight excluding hydrogens is 1000 g/mol. The average Bonchev–Trinajstić information content (AvgIpc) is 2.28. The van der Waals surface area contributed by atoms with Crippen LogP contribution in [0.3, 0.4) is 0 Å². The highest BCUT2D eigenvalue weighted by Gasteiger charge is 2.80. The van der Waals surface area contributed by atoms with Gasteiger partial charge in [0.2, 0.25) is 0 Å². The van der Waals surface area contributed by atoms with E-state index in [-0.39, 0.29) is 87.5 Å². The number of hydrogen-bond acceptors (Lipinski definition) is 15. The Kier molecular flexibility index (Phi) is 16.8. The van der Waals surface area contributed by atoms with Gasteiger partial charge in [-0.3, -0.25) is 4.79 Å². The second-order valence-corrected chi connectivity index (χ2v) is 28.4. The maximum atomic E-state index is 16.1. The van der Waals surface area contributed by atoms with Crippen molar-refractivity contribution < 1.29 is 55.5 Å². The third kappa shape index (κ3) is 9.83. The summed E-state index contributed by atoms with van der Waals surface area (Å²) in [6.07, 6.45) is 20.2. The maximum absolute atomic E-state index is 16.1. The zero-order valence-electron chi connectivity index (χ0n) is 48.0. The topological polar surface area (TPSA) is 270 Å². The van der Waals surface area contributed by atoms with Gasteiger partial charge in [-0.15, -0.1) is 0 Å². The third-order valence-corrected chi connectivity index (χ3v) is 24.1. The van der Waals surface area contributed by atoms with Crippen molar-refractivity contribution in [1.29, 1.82) is 0 Å². The van der Waals surface area contributed by atoms with Gasteiger partial charge in [0.1, 0.15) is 5.60 Å². The first kappa shape index (κ1) is 58.5. The van der Waals surface area contributed by atoms with Gasteiger partial charge in [0.05, 0.1) is 65.3 Å². The monoisotopic (exact) mass is 1100 g/mol. The molecule has 0 aromatic heterocycles. The minimum Gasteiger partial charge on any atom is -0.396 e. The Bertz CT molecular complexity index is 2330. The molecule has 0 aromatic carbocycles. The van der Waals surface area contributed by atoms with Crippen molar-refractivity contribution in [3.8, 4) is 0 Å². The quantitative estimate of drug-likeness (QED) is 0.0893. The number of Topliss-reactive ketones (excluding diaryl/α,β-unsaturated/α-hetero) is 1. The van der Waals surface area contributed by atoms with Gasteiger partial charge in [-0.2, -0.15) is 0 Å². The molecule has 0 radical (unpaired) electrons. The van der Waals surface area contributed by atoms with E-state index in [9.17, 15) is 40.9 Å². The van der Waals surface area contributed by atoms with Crippen LogP contribution in [0.5, 0.6) is 0 Å². The van der Waals surface area contributed by atoms with Crippen LogP contribution < -0.4 is 21.7 Å². The molecule has 79 heavy (non-hydrogen) atoms. The minimum absolute atomic E-state index is 0.00244. The number of carbonyl (C=O) groups excluding carboxylic acids is 1. The molecule has 20 unspecified atom stereocenters. The van der Waals surface area contributed by atoms with Crippen LogP contribution in [0.1, 0.15) is 188 Å². The summed E-state index contributed by atoms with van der Waals surface area (Å²) in [5.41, 5.74) is -1.28. The molecule has 8 fully saturated rings. The van der Waals surface area contributed by atoms with Crippen LogP contribution in [-0.2, 0) is 9.53 Å². The Balaban J connectivity index is 1.08. The molecule has 14 N–H and O–H groups in total. The molecule has 15 nitrogen and oxygen atoms in total. The molecule has 1 saturated heterocycles. The summed E-state index contributed by atoms with van der Waals surface area (Å²) in [4.78, 5) is 16.1. The Morgan fingerprint density at radius 1 is 0.886 bits per heavy atom. The summed E-state index contributed by atoms with van der Waals surface area (Å²) < 4.78 is 7.21. The highest BCUT2D eigenvalue weighted by atomic mass is 16.5. The zero-order valence-corrected chi connectivity index (χ0v) is 48.0. The van der Waals surface area contributed by atoms with Gasteiger partial charge in [-0.1, -0.05) is 63.7 Å². The molecule has 0 amide bonds. The number of nitrogens with one attached hydrogen (secondary N) is 3. The normalized spacial score (nSPS) is 47.4. The van der Waals surface area contributed by atoms with Crippen molar-refractivity contribution in [2.75, 3.05) is 19.7 Å². The van der Waals surface area contributed by atoms with Crippen molar-refractivity contribution in [3.63, 3.8) is 0 Å². The molecule has 7 saturated carbocycles. The molecule has 444 valence electrons. The van der Waals surface area contributed by atoms with E-state index in [1.807, 2.05) is 24.3 Å². The zero-order chi connectivity index (χ0) is 55.9. The van der Waals surface area contributed by atoms with Crippen molar-refractivity contribution in [3.05, 3.63) is 46.8 Å². The van der Waals surface area contributed by atoms with Crippen molar-refractivity contribution in [2.45, 2.75) is 259 Å². The van der Waals surface area contributed by atoms with Crippen LogP contribution in [-0.4, -0.2) is 143 Å². The van der Waals surface area contributed by atoms with Crippen LogP contribution in [0.15, 0.2) is 46.8 Å². The number of dihydropyridines is 1. The van der Waals surface area contributed by atoms with Gasteiger partial charge in [-0.05, 0) is 201 Å². The fraction of sp³-hybridized carbons (Fsp3) is 0.859. The first-order chi connectivity index (χ1) is 37.7. The second kappa shape index (κ2) is 22.6. The van der Waals surface area contributed by atoms with Crippen molar-refractivity contribution in [2.24, 2.45) is 69.8 Å². The predicted octanol–water partition coefficient (Wildman–Crippen LogP) is 5.58. The Labute approximate surface area is 470 Å². The largest absolute Gasteiger partial charge is 0.396 e. The number of allylic oxidation sites excluding steroid dienone is 5. The summed E-state index contributed by atoms with van der Waals surface area (Å²) in [5.74, 6) is -3.13. The van der Waals surface area contributed by atoms with E-state index in [1.165, 1.54) is 32.1 Å². The van der Waals surface area contributed by atoms with E-state index < -0.39 is 99.5 Å². The van der Waals surface area contributed by atoms with Gasteiger partial charge in [-0.25, -0.2) is 0 Å². The number of fused-ring (bicyclic) bond motifs is 5. The van der Waals surface area contributed by atoms with E-state index in [0.29, 0.717) is 62.0 Å². The Morgan fingerprint density at radius 3 is 2.37 bits per heavy atom. The van der Waals surface area contributed by atoms with E-state index in [1.54, 1.807) is 13.8 Å². The Morgan fingerprint density at radius 2 is 1.63 bits per heavy atom. The third-order valence-electron chi connectivity index (χ3n) is 24.1. The molecule has 2 aliphatic heterocycles. The van der Waals surface area contributed by atoms with Crippen LogP contribution in [0, 0.1) is 64.1 Å². The summed E-state index contributed by atoms with van der Waals surface area (Å²) in [6, 6.07) is 0.503. The first-order valence-electron chi connectivity index (χ1n) is 32.0. The standard InChI is InChI=1S/C64H102N4O11/c1-4-10-38-17-21-44-50(23-18-38)79-58-53(44)47(71)14-8-27-64(58,78)59(3,75)51-26-29-63(77)54-55(67-34-37(2)70)56(74)45-31-48(72)49(73)33-60(45)32-40(43-22-24-52(65)68-46(43)13-9-30-69)25-28-61(76,57(54)60)36-62(51,63)41-19-15-39(16-20-41)35-66-42-11-6-5-7-12-42/h22,24-25,28,37-42,44-45,47-53,57-58,66-73,75-78H,4-21,23,26-27,29-36,65H2,1-3H3. The number of rotatable bonds is 15. The highest BCUT2D eigenvalue weighted by Crippen LogP contribution is 2.77. The predicted molar refractivity (Wildman–Crippen MR) is 301 cm³/mol. The number of hydrogen-bond donors (Lipinski definition) is 13. The second-order valence-electron chi connectivity index (χ2n) is 28.4. The van der Waals surface area contributed by atoms with Gasteiger partial charge in [0.25, 0.3) is 0 Å². The summed E-state index contributed by atoms with van der Waals surface area (Å²) >= 11 is 0. The lowest BCUT2D eigenvalue weighted by Gasteiger charge is -2.69. The smallest absolute Gasteiger partial charge is 0.182 e. The van der Waals surface area contributed by atoms with Crippen LogP contribution in [0.25, 0.3) is 0 Å². The van der Waals surface area contributed by atoms with Gasteiger partial charge in [0.15, 0.2) is 5.78 Å². The van der Waals surface area contributed by atoms with Crippen LogP contribution >= 0.6 is 0 Å². The van der Waals surface area contributed by atoms with Crippen molar-refractivity contribution in [1.82, 2.24) is 16.0 Å². The van der Waals surface area contributed by atoms with E-state index in [2.05, 4.69) is 22.9 Å². The van der Waals surface area contributed by atoms with Gasteiger partial charge < -0.3 is 72.4 Å². The lowest BCUT2D eigenvalue weighted by Crippen LogP contribution is -2.74. The first-order valence-corrected chi connectivity index (χ1v) is 32.0. The molecule has 11 rings (SSSR count). The molecule has 9 aliphatic carbocycles. The molecule has 1 spiro atoms. The average molecular weight is 1100 g/mol. The fourth-order valence-electron chi connectivity index (χ4n) is 20.6. The Hall–Kier alpha value is -2.25. The van der Waals surface area contributed by atoms with E-state index in [0.717, 1.165) is 69.2 Å². The lowest BCUT2D eigenvalue weighted by molar-refractivity contribution is -0.276.